The fourth-order valence-electron chi connectivity index (χ4n) is 3.38. The van der Waals surface area contributed by atoms with E-state index in [2.05, 4.69) is 5.32 Å². The number of benzene rings is 2. The number of ether oxygens (including phenoxy) is 1. The van der Waals surface area contributed by atoms with E-state index in [1.54, 1.807) is 30.3 Å². The van der Waals surface area contributed by atoms with Gasteiger partial charge in [-0.25, -0.2) is 4.79 Å². The first-order chi connectivity index (χ1) is 13.2. The largest absolute Gasteiger partial charge is 0.459 e. The van der Waals surface area contributed by atoms with Crippen LogP contribution in [0.2, 0.25) is 0 Å². The van der Waals surface area contributed by atoms with Crippen LogP contribution in [0.25, 0.3) is 11.0 Å². The molecule has 1 amide bonds. The molecule has 1 saturated carbocycles. The molecular weight excluding hydrogens is 342 g/mol. The Morgan fingerprint density at radius 2 is 1.70 bits per heavy atom. The minimum atomic E-state index is -0.330. The van der Waals surface area contributed by atoms with Gasteiger partial charge in [0.25, 0.3) is 5.91 Å². The number of hydrogen-bond donors (Lipinski definition) is 1. The standard InChI is InChI=1S/C22H21NO4/c24-21(20-14-16-6-4-5-9-19(16)27-20)23-17-12-10-15(11-13-17)22(25)26-18-7-2-1-3-8-18/h4-6,9-14,18H,1-3,7-8H2,(H,23,24). The number of esters is 1. The summed E-state index contributed by atoms with van der Waals surface area (Å²) in [6, 6.07) is 15.9. The molecule has 1 aromatic heterocycles. The summed E-state index contributed by atoms with van der Waals surface area (Å²) in [5.41, 5.74) is 1.75. The molecule has 0 radical (unpaired) electrons. The number of amides is 1. The number of furan rings is 1. The normalized spacial score (nSPS) is 14.8. The molecule has 0 bridgehead atoms. The number of carbonyl (C=O) groups excluding carboxylic acids is 2. The summed E-state index contributed by atoms with van der Waals surface area (Å²) in [5, 5.41) is 3.66. The first-order valence-corrected chi connectivity index (χ1v) is 9.30. The highest BCUT2D eigenvalue weighted by Gasteiger charge is 2.19. The average Bonchev–Trinajstić information content (AvgIpc) is 3.14. The number of para-hydroxylation sites is 1. The maximum Gasteiger partial charge on any atom is 0.338 e. The van der Waals surface area contributed by atoms with Gasteiger partial charge in [-0.05, 0) is 62.1 Å². The van der Waals surface area contributed by atoms with E-state index in [0.29, 0.717) is 16.8 Å². The summed E-state index contributed by atoms with van der Waals surface area (Å²) in [6.07, 6.45) is 5.36. The minimum absolute atomic E-state index is 0.0266. The summed E-state index contributed by atoms with van der Waals surface area (Å²) in [4.78, 5) is 24.6. The van der Waals surface area contributed by atoms with Crippen LogP contribution < -0.4 is 5.32 Å². The second-order valence-corrected chi connectivity index (χ2v) is 6.85. The van der Waals surface area contributed by atoms with Crippen molar-refractivity contribution in [1.29, 1.82) is 0 Å². The van der Waals surface area contributed by atoms with E-state index in [1.807, 2.05) is 24.3 Å². The van der Waals surface area contributed by atoms with Gasteiger partial charge < -0.3 is 14.5 Å². The predicted octanol–water partition coefficient (Wildman–Crippen LogP) is 5.17. The molecular formula is C22H21NO4. The maximum atomic E-state index is 12.4. The number of rotatable bonds is 4. The lowest BCUT2D eigenvalue weighted by Crippen LogP contribution is -2.20. The van der Waals surface area contributed by atoms with Crippen molar-refractivity contribution in [3.05, 3.63) is 65.9 Å². The van der Waals surface area contributed by atoms with Crippen molar-refractivity contribution in [2.75, 3.05) is 5.32 Å². The SMILES string of the molecule is O=C(OC1CCCCC1)c1ccc(NC(=O)c2cc3ccccc3o2)cc1. The molecule has 1 aliphatic carbocycles. The Hall–Kier alpha value is -3.08. The molecule has 0 spiro atoms. The lowest BCUT2D eigenvalue weighted by Gasteiger charge is -2.21. The van der Waals surface area contributed by atoms with Crippen molar-refractivity contribution in [3.8, 4) is 0 Å². The van der Waals surface area contributed by atoms with Crippen molar-refractivity contribution >= 4 is 28.5 Å². The number of fused-ring (bicyclic) bond motifs is 1. The molecule has 1 heterocycles. The lowest BCUT2D eigenvalue weighted by atomic mass is 9.98. The molecule has 27 heavy (non-hydrogen) atoms. The van der Waals surface area contributed by atoms with Crippen LogP contribution in [-0.2, 0) is 4.74 Å². The summed E-state index contributed by atoms with van der Waals surface area (Å²) in [6.45, 7) is 0. The first-order valence-electron chi connectivity index (χ1n) is 9.30. The van der Waals surface area contributed by atoms with Gasteiger partial charge in [0.05, 0.1) is 5.56 Å². The molecule has 0 unspecified atom stereocenters. The maximum absolute atomic E-state index is 12.4. The molecule has 138 valence electrons. The van der Waals surface area contributed by atoms with E-state index >= 15 is 0 Å². The van der Waals surface area contributed by atoms with Crippen LogP contribution in [0.5, 0.6) is 0 Å². The third-order valence-corrected chi connectivity index (χ3v) is 4.85. The van der Waals surface area contributed by atoms with Crippen molar-refractivity contribution < 1.29 is 18.7 Å². The van der Waals surface area contributed by atoms with Crippen molar-refractivity contribution in [1.82, 2.24) is 0 Å². The predicted molar refractivity (Wildman–Crippen MR) is 103 cm³/mol. The number of hydrogen-bond acceptors (Lipinski definition) is 4. The van der Waals surface area contributed by atoms with Gasteiger partial charge in [0, 0.05) is 11.1 Å². The molecule has 5 nitrogen and oxygen atoms in total. The molecule has 0 aliphatic heterocycles. The van der Waals surface area contributed by atoms with Gasteiger partial charge in [0.2, 0.25) is 0 Å². The third kappa shape index (κ3) is 4.03. The highest BCUT2D eigenvalue weighted by Crippen LogP contribution is 2.22. The van der Waals surface area contributed by atoms with E-state index < -0.39 is 0 Å². The Labute approximate surface area is 157 Å². The summed E-state index contributed by atoms with van der Waals surface area (Å²) < 4.78 is 11.1. The fraction of sp³-hybridized carbons (Fsp3) is 0.273. The molecule has 0 atom stereocenters. The van der Waals surface area contributed by atoms with Gasteiger partial charge in [-0.1, -0.05) is 24.6 Å². The zero-order chi connectivity index (χ0) is 18.6. The first kappa shape index (κ1) is 17.3. The van der Waals surface area contributed by atoms with Gasteiger partial charge in [-0.3, -0.25) is 4.79 Å². The molecule has 3 aromatic rings. The van der Waals surface area contributed by atoms with Gasteiger partial charge in [-0.2, -0.15) is 0 Å². The Bertz CT molecular complexity index is 919. The zero-order valence-corrected chi connectivity index (χ0v) is 14.9. The van der Waals surface area contributed by atoms with Crippen LogP contribution in [0, 0.1) is 0 Å². The Balaban J connectivity index is 1.39. The molecule has 5 heteroatoms. The number of nitrogens with one attached hydrogen (secondary N) is 1. The Kier molecular flexibility index (Phi) is 4.92. The average molecular weight is 363 g/mol. The van der Waals surface area contributed by atoms with E-state index in [4.69, 9.17) is 9.15 Å². The fourth-order valence-corrected chi connectivity index (χ4v) is 3.38. The summed E-state index contributed by atoms with van der Waals surface area (Å²) in [7, 11) is 0. The van der Waals surface area contributed by atoms with Crippen LogP contribution in [0.4, 0.5) is 5.69 Å². The Morgan fingerprint density at radius 3 is 2.44 bits per heavy atom. The van der Waals surface area contributed by atoms with E-state index in [-0.39, 0.29) is 23.7 Å². The quantitative estimate of drug-likeness (QED) is 0.649. The molecule has 4 rings (SSSR count). The van der Waals surface area contributed by atoms with Gasteiger partial charge >= 0.3 is 5.97 Å². The number of carbonyl (C=O) groups is 2. The molecule has 1 N–H and O–H groups in total. The lowest BCUT2D eigenvalue weighted by molar-refractivity contribution is 0.0211. The molecule has 2 aromatic carbocycles. The van der Waals surface area contributed by atoms with Crippen molar-refractivity contribution in [3.63, 3.8) is 0 Å². The van der Waals surface area contributed by atoms with Gasteiger partial charge in [0.15, 0.2) is 5.76 Å². The highest BCUT2D eigenvalue weighted by atomic mass is 16.5. The van der Waals surface area contributed by atoms with Crippen LogP contribution in [0.1, 0.15) is 53.0 Å². The molecule has 1 fully saturated rings. The molecule has 1 aliphatic rings. The topological polar surface area (TPSA) is 68.5 Å². The van der Waals surface area contributed by atoms with Crippen molar-refractivity contribution in [2.24, 2.45) is 0 Å². The van der Waals surface area contributed by atoms with Gasteiger partial charge in [0.1, 0.15) is 11.7 Å². The smallest absolute Gasteiger partial charge is 0.338 e. The van der Waals surface area contributed by atoms with Crippen LogP contribution in [0.15, 0.2) is 59.0 Å². The Morgan fingerprint density at radius 1 is 0.963 bits per heavy atom. The van der Waals surface area contributed by atoms with Crippen LogP contribution in [0.3, 0.4) is 0 Å². The number of anilines is 1. The summed E-state index contributed by atoms with van der Waals surface area (Å²) >= 11 is 0. The van der Waals surface area contributed by atoms with Gasteiger partial charge in [-0.15, -0.1) is 0 Å². The van der Waals surface area contributed by atoms with Crippen molar-refractivity contribution in [2.45, 2.75) is 38.2 Å². The zero-order valence-electron chi connectivity index (χ0n) is 14.9. The summed E-state index contributed by atoms with van der Waals surface area (Å²) in [5.74, 6) is -0.391. The molecule has 0 saturated heterocycles. The van der Waals surface area contributed by atoms with Crippen LogP contribution >= 0.6 is 0 Å². The second kappa shape index (κ2) is 7.66. The third-order valence-electron chi connectivity index (χ3n) is 4.85. The van der Waals surface area contributed by atoms with E-state index in [1.165, 1.54) is 6.42 Å². The van der Waals surface area contributed by atoms with E-state index in [0.717, 1.165) is 31.1 Å². The minimum Gasteiger partial charge on any atom is -0.459 e. The highest BCUT2D eigenvalue weighted by molar-refractivity contribution is 6.04. The monoisotopic (exact) mass is 363 g/mol. The second-order valence-electron chi connectivity index (χ2n) is 6.85. The van der Waals surface area contributed by atoms with E-state index in [9.17, 15) is 9.59 Å². The van der Waals surface area contributed by atoms with Crippen LogP contribution in [-0.4, -0.2) is 18.0 Å².